The van der Waals surface area contributed by atoms with Crippen molar-refractivity contribution in [2.75, 3.05) is 13.1 Å². The molecule has 0 saturated heterocycles. The van der Waals surface area contributed by atoms with Crippen LogP contribution in [0.5, 0.6) is 5.75 Å². The maximum atomic E-state index is 6.01. The predicted octanol–water partition coefficient (Wildman–Crippen LogP) is 2.83. The Kier molecular flexibility index (Phi) is 7.14. The highest BCUT2D eigenvalue weighted by Crippen LogP contribution is 2.18. The summed E-state index contributed by atoms with van der Waals surface area (Å²) in [5.41, 5.74) is 0. The van der Waals surface area contributed by atoms with E-state index in [4.69, 9.17) is 21.3 Å². The second-order valence-corrected chi connectivity index (χ2v) is 7.40. The van der Waals surface area contributed by atoms with Gasteiger partial charge in [0.1, 0.15) is 17.7 Å². The van der Waals surface area contributed by atoms with Crippen molar-refractivity contribution in [1.82, 2.24) is 25.4 Å². The summed E-state index contributed by atoms with van der Waals surface area (Å²) in [6, 6.07) is 7.70. The molecule has 0 saturated carbocycles. The van der Waals surface area contributed by atoms with Gasteiger partial charge in [-0.3, -0.25) is 0 Å². The molecule has 2 N–H and O–H groups in total. The molecule has 7 nitrogen and oxygen atoms in total. The molecule has 2 unspecified atom stereocenters. The number of rotatable bonds is 7. The molecule has 1 aromatic carbocycles. The zero-order valence-electron chi connectivity index (χ0n) is 16.8. The lowest BCUT2D eigenvalue weighted by Crippen LogP contribution is -2.47. The Morgan fingerprint density at radius 2 is 2.29 bits per heavy atom. The highest BCUT2D eigenvalue weighted by atomic mass is 35.5. The molecule has 0 radical (unpaired) electrons. The number of aromatic nitrogens is 3. The summed E-state index contributed by atoms with van der Waals surface area (Å²) < 4.78 is 7.93. The minimum absolute atomic E-state index is 0.0608. The third-order valence-corrected chi connectivity index (χ3v) is 4.78. The van der Waals surface area contributed by atoms with E-state index in [-0.39, 0.29) is 12.1 Å². The monoisotopic (exact) mass is 404 g/mol. The van der Waals surface area contributed by atoms with Crippen LogP contribution >= 0.6 is 11.6 Å². The summed E-state index contributed by atoms with van der Waals surface area (Å²) in [7, 11) is 0. The maximum absolute atomic E-state index is 6.01. The van der Waals surface area contributed by atoms with E-state index in [1.807, 2.05) is 35.9 Å². The van der Waals surface area contributed by atoms with E-state index in [0.29, 0.717) is 11.6 Å². The highest BCUT2D eigenvalue weighted by molar-refractivity contribution is 6.30. The van der Waals surface area contributed by atoms with Crippen LogP contribution in [-0.2, 0) is 19.4 Å². The molecule has 0 amide bonds. The van der Waals surface area contributed by atoms with Crippen molar-refractivity contribution in [2.45, 2.75) is 58.7 Å². The van der Waals surface area contributed by atoms with Gasteiger partial charge in [0, 0.05) is 30.5 Å². The third kappa shape index (κ3) is 5.61. The Balaban J connectivity index is 1.56. The Morgan fingerprint density at radius 3 is 3.04 bits per heavy atom. The molecule has 1 aliphatic heterocycles. The molecule has 3 rings (SSSR count). The fourth-order valence-electron chi connectivity index (χ4n) is 3.17. The molecule has 1 aliphatic rings. The SMILES string of the molecule is CCNC(=NCC(C)Oc1cccc(Cl)c1)NC1CCc2nc(CC)nn2C1. The van der Waals surface area contributed by atoms with Gasteiger partial charge in [-0.2, -0.15) is 5.10 Å². The topological polar surface area (TPSA) is 76.4 Å². The average molecular weight is 405 g/mol. The smallest absolute Gasteiger partial charge is 0.191 e. The van der Waals surface area contributed by atoms with E-state index < -0.39 is 0 Å². The quantitative estimate of drug-likeness (QED) is 0.548. The summed E-state index contributed by atoms with van der Waals surface area (Å²) in [4.78, 5) is 9.27. The summed E-state index contributed by atoms with van der Waals surface area (Å²) in [5, 5.41) is 12.1. The third-order valence-electron chi connectivity index (χ3n) is 4.54. The highest BCUT2D eigenvalue weighted by Gasteiger charge is 2.22. The molecule has 1 aromatic heterocycles. The fraction of sp³-hybridized carbons (Fsp3) is 0.550. The van der Waals surface area contributed by atoms with Crippen LogP contribution in [0.1, 0.15) is 38.8 Å². The van der Waals surface area contributed by atoms with Crippen LogP contribution in [0.3, 0.4) is 0 Å². The van der Waals surface area contributed by atoms with Gasteiger partial charge in [-0.15, -0.1) is 0 Å². The summed E-state index contributed by atoms with van der Waals surface area (Å²) in [6.45, 7) is 8.30. The van der Waals surface area contributed by atoms with Gasteiger partial charge < -0.3 is 15.4 Å². The minimum atomic E-state index is -0.0608. The lowest BCUT2D eigenvalue weighted by atomic mass is 10.1. The zero-order valence-corrected chi connectivity index (χ0v) is 17.5. The van der Waals surface area contributed by atoms with Gasteiger partial charge in [0.2, 0.25) is 0 Å². The maximum Gasteiger partial charge on any atom is 0.191 e. The first kappa shape index (κ1) is 20.5. The number of ether oxygens (including phenoxy) is 1. The van der Waals surface area contributed by atoms with E-state index in [1.54, 1.807) is 0 Å². The second-order valence-electron chi connectivity index (χ2n) is 6.97. The molecule has 0 bridgehead atoms. The van der Waals surface area contributed by atoms with E-state index in [2.05, 4.69) is 34.6 Å². The van der Waals surface area contributed by atoms with Crippen LogP contribution in [0.4, 0.5) is 0 Å². The van der Waals surface area contributed by atoms with Crippen molar-refractivity contribution in [1.29, 1.82) is 0 Å². The van der Waals surface area contributed by atoms with Crippen LogP contribution < -0.4 is 15.4 Å². The van der Waals surface area contributed by atoms with Crippen molar-refractivity contribution in [3.8, 4) is 5.75 Å². The second kappa shape index (κ2) is 9.78. The number of fused-ring (bicyclic) bond motifs is 1. The van der Waals surface area contributed by atoms with Crippen molar-refractivity contribution < 1.29 is 4.74 Å². The number of nitrogens with one attached hydrogen (secondary N) is 2. The van der Waals surface area contributed by atoms with E-state index >= 15 is 0 Å². The lowest BCUT2D eigenvalue weighted by Gasteiger charge is -2.25. The minimum Gasteiger partial charge on any atom is -0.489 e. The average Bonchev–Trinajstić information content (AvgIpc) is 3.09. The number of halogens is 1. The normalized spacial score (nSPS) is 17.7. The van der Waals surface area contributed by atoms with Gasteiger partial charge in [0.05, 0.1) is 13.1 Å². The van der Waals surface area contributed by atoms with Crippen molar-refractivity contribution in [3.05, 3.63) is 40.9 Å². The van der Waals surface area contributed by atoms with Gasteiger partial charge in [0.15, 0.2) is 11.8 Å². The molecule has 2 atom stereocenters. The van der Waals surface area contributed by atoms with Gasteiger partial charge in [-0.05, 0) is 38.5 Å². The molecule has 0 aliphatic carbocycles. The largest absolute Gasteiger partial charge is 0.489 e. The number of hydrogen-bond acceptors (Lipinski definition) is 4. The standard InChI is InChI=1S/C20H29ClN6O/c1-4-18-25-19-10-9-16(13-27(19)26-18)24-20(22-5-2)23-12-14(3)28-17-8-6-7-15(21)11-17/h6-8,11,14,16H,4-5,9-10,12-13H2,1-3H3,(H2,22,23,24). The molecule has 2 aromatic rings. The molecular weight excluding hydrogens is 376 g/mol. The zero-order chi connectivity index (χ0) is 19.9. The van der Waals surface area contributed by atoms with Gasteiger partial charge in [-0.1, -0.05) is 24.6 Å². The van der Waals surface area contributed by atoms with Gasteiger partial charge in [0.25, 0.3) is 0 Å². The molecule has 0 fully saturated rings. The Bertz CT molecular complexity index is 806. The Labute approximate surface area is 171 Å². The van der Waals surface area contributed by atoms with Crippen molar-refractivity contribution in [2.24, 2.45) is 4.99 Å². The number of aliphatic imine (C=N–C) groups is 1. The Hall–Kier alpha value is -2.28. The first-order valence-electron chi connectivity index (χ1n) is 9.97. The van der Waals surface area contributed by atoms with E-state index in [9.17, 15) is 0 Å². The van der Waals surface area contributed by atoms with Crippen LogP contribution in [0.2, 0.25) is 5.02 Å². The summed E-state index contributed by atoms with van der Waals surface area (Å²) in [5.74, 6) is 3.56. The molecule has 152 valence electrons. The van der Waals surface area contributed by atoms with E-state index in [0.717, 1.165) is 55.7 Å². The molecule has 28 heavy (non-hydrogen) atoms. The van der Waals surface area contributed by atoms with Crippen molar-refractivity contribution in [3.63, 3.8) is 0 Å². The van der Waals surface area contributed by atoms with Gasteiger partial charge >= 0.3 is 0 Å². The van der Waals surface area contributed by atoms with Crippen molar-refractivity contribution >= 4 is 17.6 Å². The van der Waals surface area contributed by atoms with Crippen LogP contribution in [0, 0.1) is 0 Å². The molecule has 0 spiro atoms. The summed E-state index contributed by atoms with van der Waals surface area (Å²) in [6.07, 6.45) is 2.75. The number of guanidine groups is 1. The Morgan fingerprint density at radius 1 is 1.43 bits per heavy atom. The number of hydrogen-bond donors (Lipinski definition) is 2. The predicted molar refractivity (Wildman–Crippen MR) is 112 cm³/mol. The molecule has 2 heterocycles. The molecular formula is C20H29ClN6O. The van der Waals surface area contributed by atoms with Crippen LogP contribution in [0.25, 0.3) is 0 Å². The summed E-state index contributed by atoms with van der Waals surface area (Å²) >= 11 is 6.01. The van der Waals surface area contributed by atoms with E-state index in [1.165, 1.54) is 0 Å². The fourth-order valence-corrected chi connectivity index (χ4v) is 3.35. The lowest BCUT2D eigenvalue weighted by molar-refractivity contribution is 0.230. The van der Waals surface area contributed by atoms with Crippen LogP contribution in [-0.4, -0.2) is 46.0 Å². The number of aryl methyl sites for hydroxylation is 2. The first-order valence-corrected chi connectivity index (χ1v) is 10.3. The van der Waals surface area contributed by atoms with Crippen LogP contribution in [0.15, 0.2) is 29.3 Å². The number of benzene rings is 1. The number of nitrogens with zero attached hydrogens (tertiary/aromatic N) is 4. The first-order chi connectivity index (χ1) is 13.6. The van der Waals surface area contributed by atoms with Gasteiger partial charge in [-0.25, -0.2) is 14.7 Å². The molecule has 8 heteroatoms.